The van der Waals surface area contributed by atoms with Gasteiger partial charge in [-0.1, -0.05) is 19.1 Å². The standard InChI is InChI=1S/C17H22N4O2/c1-3-9-18-16(22)15-8-11-20-17(21-15)19-10-7-13-5-4-6-14(12-13)23-2/h4-6,8,11-12H,3,7,9-10H2,1-2H3,(H,18,22)(H,19,20,21). The van der Waals surface area contributed by atoms with Crippen LogP contribution in [0.3, 0.4) is 0 Å². The second-order valence-corrected chi connectivity index (χ2v) is 5.05. The third kappa shape index (κ3) is 5.25. The number of nitrogens with one attached hydrogen (secondary N) is 2. The van der Waals surface area contributed by atoms with E-state index in [0.717, 1.165) is 24.2 Å². The van der Waals surface area contributed by atoms with Gasteiger partial charge >= 0.3 is 0 Å². The lowest BCUT2D eigenvalue weighted by molar-refractivity contribution is 0.0948. The van der Waals surface area contributed by atoms with Gasteiger partial charge in [-0.05, 0) is 36.6 Å². The molecule has 0 aliphatic rings. The van der Waals surface area contributed by atoms with E-state index in [-0.39, 0.29) is 5.91 Å². The van der Waals surface area contributed by atoms with Crippen LogP contribution in [0.4, 0.5) is 5.95 Å². The van der Waals surface area contributed by atoms with Crippen LogP contribution >= 0.6 is 0 Å². The van der Waals surface area contributed by atoms with E-state index in [4.69, 9.17) is 4.74 Å². The van der Waals surface area contributed by atoms with E-state index in [1.54, 1.807) is 19.4 Å². The normalized spacial score (nSPS) is 10.2. The van der Waals surface area contributed by atoms with Crippen LogP contribution < -0.4 is 15.4 Å². The van der Waals surface area contributed by atoms with E-state index < -0.39 is 0 Å². The van der Waals surface area contributed by atoms with Crippen molar-refractivity contribution < 1.29 is 9.53 Å². The number of rotatable bonds is 8. The number of ether oxygens (including phenoxy) is 1. The number of hydrogen-bond donors (Lipinski definition) is 2. The molecule has 0 spiro atoms. The molecule has 0 bridgehead atoms. The molecule has 0 unspecified atom stereocenters. The maximum atomic E-state index is 11.9. The van der Waals surface area contributed by atoms with Crippen LogP contribution in [0, 0.1) is 0 Å². The second-order valence-electron chi connectivity index (χ2n) is 5.05. The van der Waals surface area contributed by atoms with E-state index in [1.807, 2.05) is 31.2 Å². The Balaban J connectivity index is 1.89. The molecule has 1 heterocycles. The number of carbonyl (C=O) groups excluding carboxylic acids is 1. The third-order valence-electron chi connectivity index (χ3n) is 3.25. The van der Waals surface area contributed by atoms with Gasteiger partial charge in [0, 0.05) is 19.3 Å². The summed E-state index contributed by atoms with van der Waals surface area (Å²) >= 11 is 0. The maximum absolute atomic E-state index is 11.9. The highest BCUT2D eigenvalue weighted by Crippen LogP contribution is 2.13. The average molecular weight is 314 g/mol. The van der Waals surface area contributed by atoms with Crippen LogP contribution in [0.25, 0.3) is 0 Å². The van der Waals surface area contributed by atoms with Crippen molar-refractivity contribution in [1.82, 2.24) is 15.3 Å². The molecule has 0 saturated heterocycles. The summed E-state index contributed by atoms with van der Waals surface area (Å²) in [5.74, 6) is 1.12. The van der Waals surface area contributed by atoms with Crippen LogP contribution in [-0.2, 0) is 6.42 Å². The SMILES string of the molecule is CCCNC(=O)c1ccnc(NCCc2cccc(OC)c2)n1. The zero-order chi connectivity index (χ0) is 16.5. The quantitative estimate of drug-likeness (QED) is 0.782. The summed E-state index contributed by atoms with van der Waals surface area (Å²) in [7, 11) is 1.65. The molecule has 1 amide bonds. The van der Waals surface area contributed by atoms with Gasteiger partial charge in [0.05, 0.1) is 7.11 Å². The fraction of sp³-hybridized carbons (Fsp3) is 0.353. The molecule has 2 N–H and O–H groups in total. The van der Waals surface area contributed by atoms with Crippen molar-refractivity contribution >= 4 is 11.9 Å². The van der Waals surface area contributed by atoms with Crippen molar-refractivity contribution in [3.05, 3.63) is 47.8 Å². The van der Waals surface area contributed by atoms with Gasteiger partial charge in [-0.3, -0.25) is 4.79 Å². The van der Waals surface area contributed by atoms with Crippen molar-refractivity contribution in [3.8, 4) is 5.75 Å². The van der Waals surface area contributed by atoms with Gasteiger partial charge in [0.25, 0.3) is 5.91 Å². The van der Waals surface area contributed by atoms with Gasteiger partial charge in [0.2, 0.25) is 5.95 Å². The molecule has 1 aromatic carbocycles. The molecule has 0 aliphatic heterocycles. The molecule has 6 nitrogen and oxygen atoms in total. The minimum Gasteiger partial charge on any atom is -0.497 e. The van der Waals surface area contributed by atoms with Crippen LogP contribution in [0.1, 0.15) is 29.4 Å². The van der Waals surface area contributed by atoms with Gasteiger partial charge in [-0.2, -0.15) is 0 Å². The van der Waals surface area contributed by atoms with Crippen LogP contribution in [0.15, 0.2) is 36.5 Å². The first-order chi connectivity index (χ1) is 11.2. The fourth-order valence-electron chi connectivity index (χ4n) is 2.05. The highest BCUT2D eigenvalue weighted by Gasteiger charge is 2.07. The molecule has 122 valence electrons. The van der Waals surface area contributed by atoms with Crippen LogP contribution in [0.5, 0.6) is 5.75 Å². The van der Waals surface area contributed by atoms with Crippen LogP contribution in [0.2, 0.25) is 0 Å². The number of aromatic nitrogens is 2. The zero-order valence-electron chi connectivity index (χ0n) is 13.5. The predicted octanol–water partition coefficient (Wildman–Crippen LogP) is 2.28. The van der Waals surface area contributed by atoms with E-state index in [2.05, 4.69) is 20.6 Å². The Labute approximate surface area is 136 Å². The summed E-state index contributed by atoms with van der Waals surface area (Å²) in [5, 5.41) is 5.94. The molecule has 0 radical (unpaired) electrons. The Morgan fingerprint density at radius 3 is 2.91 bits per heavy atom. The molecule has 0 aliphatic carbocycles. The number of benzene rings is 1. The maximum Gasteiger partial charge on any atom is 0.270 e. The first-order valence-electron chi connectivity index (χ1n) is 7.71. The Morgan fingerprint density at radius 1 is 1.26 bits per heavy atom. The first kappa shape index (κ1) is 16.7. The number of carbonyl (C=O) groups is 1. The lowest BCUT2D eigenvalue weighted by Gasteiger charge is -2.08. The van der Waals surface area contributed by atoms with Crippen molar-refractivity contribution in [2.45, 2.75) is 19.8 Å². The molecule has 0 saturated carbocycles. The van der Waals surface area contributed by atoms with Crippen LogP contribution in [-0.4, -0.2) is 36.1 Å². The van der Waals surface area contributed by atoms with Crippen molar-refractivity contribution in [2.75, 3.05) is 25.5 Å². The molecule has 6 heteroatoms. The minimum absolute atomic E-state index is 0.176. The van der Waals surface area contributed by atoms with Gasteiger partial charge in [-0.15, -0.1) is 0 Å². The second kappa shape index (κ2) is 8.73. The first-order valence-corrected chi connectivity index (χ1v) is 7.71. The summed E-state index contributed by atoms with van der Waals surface area (Å²) in [6, 6.07) is 9.52. The molecule has 2 aromatic rings. The van der Waals surface area contributed by atoms with Gasteiger partial charge in [-0.25, -0.2) is 9.97 Å². The van der Waals surface area contributed by atoms with E-state index >= 15 is 0 Å². The molecule has 1 aromatic heterocycles. The number of methoxy groups -OCH3 is 1. The lowest BCUT2D eigenvalue weighted by atomic mass is 10.1. The Kier molecular flexibility index (Phi) is 6.35. The Hall–Kier alpha value is -2.63. The fourth-order valence-corrected chi connectivity index (χ4v) is 2.05. The molecule has 0 fully saturated rings. The summed E-state index contributed by atoms with van der Waals surface area (Å²) in [6.07, 6.45) is 3.29. The van der Waals surface area contributed by atoms with Gasteiger partial charge < -0.3 is 15.4 Å². The highest BCUT2D eigenvalue weighted by atomic mass is 16.5. The molecular weight excluding hydrogens is 292 g/mol. The third-order valence-corrected chi connectivity index (χ3v) is 3.25. The van der Waals surface area contributed by atoms with E-state index in [0.29, 0.717) is 24.7 Å². The molecule has 23 heavy (non-hydrogen) atoms. The predicted molar refractivity (Wildman–Crippen MR) is 89.8 cm³/mol. The van der Waals surface area contributed by atoms with Crippen molar-refractivity contribution in [3.63, 3.8) is 0 Å². The monoisotopic (exact) mass is 314 g/mol. The summed E-state index contributed by atoms with van der Waals surface area (Å²) in [4.78, 5) is 20.3. The summed E-state index contributed by atoms with van der Waals surface area (Å²) in [6.45, 7) is 3.32. The molecule has 2 rings (SSSR count). The lowest BCUT2D eigenvalue weighted by Crippen LogP contribution is -2.25. The zero-order valence-corrected chi connectivity index (χ0v) is 13.5. The molecule has 0 atom stereocenters. The number of hydrogen-bond acceptors (Lipinski definition) is 5. The summed E-state index contributed by atoms with van der Waals surface area (Å²) < 4.78 is 5.20. The van der Waals surface area contributed by atoms with Crippen molar-refractivity contribution in [2.24, 2.45) is 0 Å². The number of amides is 1. The van der Waals surface area contributed by atoms with Gasteiger partial charge in [0.15, 0.2) is 0 Å². The highest BCUT2D eigenvalue weighted by molar-refractivity contribution is 5.92. The Bertz CT molecular complexity index is 646. The van der Waals surface area contributed by atoms with Crippen molar-refractivity contribution in [1.29, 1.82) is 0 Å². The molecular formula is C17H22N4O2. The summed E-state index contributed by atoms with van der Waals surface area (Å²) in [5.41, 5.74) is 1.53. The van der Waals surface area contributed by atoms with Gasteiger partial charge in [0.1, 0.15) is 11.4 Å². The van der Waals surface area contributed by atoms with E-state index in [9.17, 15) is 4.79 Å². The topological polar surface area (TPSA) is 76.1 Å². The smallest absolute Gasteiger partial charge is 0.270 e. The number of nitrogens with zero attached hydrogens (tertiary/aromatic N) is 2. The number of anilines is 1. The average Bonchev–Trinajstić information content (AvgIpc) is 2.60. The largest absolute Gasteiger partial charge is 0.497 e. The Morgan fingerprint density at radius 2 is 2.13 bits per heavy atom. The minimum atomic E-state index is -0.176. The van der Waals surface area contributed by atoms with E-state index in [1.165, 1.54) is 0 Å².